The van der Waals surface area contributed by atoms with E-state index in [4.69, 9.17) is 14.6 Å². The Labute approximate surface area is 351 Å². The van der Waals surface area contributed by atoms with Crippen LogP contribution in [0, 0.1) is 0 Å². The normalized spacial score (nSPS) is 14.4. The molecule has 2 atom stereocenters. The molecule has 2 aliphatic heterocycles. The van der Waals surface area contributed by atoms with Crippen molar-refractivity contribution in [1.29, 1.82) is 0 Å². The van der Waals surface area contributed by atoms with E-state index in [1.807, 2.05) is 147 Å². The van der Waals surface area contributed by atoms with Gasteiger partial charge < -0.3 is 24.4 Å². The fourth-order valence-corrected chi connectivity index (χ4v) is 6.76. The summed E-state index contributed by atoms with van der Waals surface area (Å²) in [5, 5.41) is 7.57. The molecule has 4 aromatic rings. The van der Waals surface area contributed by atoms with Crippen molar-refractivity contribution in [1.82, 2.24) is 0 Å². The number of aliphatic hydroxyl groups excluding tert-OH is 1. The van der Waals surface area contributed by atoms with Gasteiger partial charge in [0.15, 0.2) is 0 Å². The van der Waals surface area contributed by atoms with Gasteiger partial charge in [-0.1, -0.05) is 74.0 Å². The number of allylic oxidation sites excluding steroid dienone is 1. The molecule has 0 fully saturated rings. The van der Waals surface area contributed by atoms with Gasteiger partial charge in [0.1, 0.15) is 11.2 Å². The first-order valence-corrected chi connectivity index (χ1v) is 20.6. The second-order valence-electron chi connectivity index (χ2n) is 17.0. The number of benzene rings is 4. The van der Waals surface area contributed by atoms with E-state index in [-0.39, 0.29) is 42.2 Å². The molecule has 0 aliphatic carbocycles. The van der Waals surface area contributed by atoms with E-state index in [9.17, 15) is 19.2 Å². The number of hydrogen-bond donors (Lipinski definition) is 1. The van der Waals surface area contributed by atoms with Gasteiger partial charge in [0.2, 0.25) is 0 Å². The van der Waals surface area contributed by atoms with Crippen LogP contribution in [0.5, 0.6) is 0 Å². The fraction of sp³-hybridized carbons (Fsp3) is 0.400. The van der Waals surface area contributed by atoms with E-state index < -0.39 is 11.2 Å². The van der Waals surface area contributed by atoms with Crippen LogP contribution in [-0.2, 0) is 38.6 Å². The molecule has 4 aromatic carbocycles. The van der Waals surface area contributed by atoms with Crippen molar-refractivity contribution < 1.29 is 33.8 Å². The van der Waals surface area contributed by atoms with Gasteiger partial charge in [-0.2, -0.15) is 0 Å². The highest BCUT2D eigenvalue weighted by Gasteiger charge is 2.31. The molecule has 314 valence electrons. The number of aryl methyl sites for hydroxylation is 1. The van der Waals surface area contributed by atoms with Gasteiger partial charge in [0, 0.05) is 29.1 Å². The molecule has 2 unspecified atom stereocenters. The molecule has 2 heterocycles. The maximum absolute atomic E-state index is 12.9. The van der Waals surface area contributed by atoms with Crippen molar-refractivity contribution in [2.45, 2.75) is 125 Å². The van der Waals surface area contributed by atoms with Crippen LogP contribution < -0.4 is 9.80 Å². The molecule has 1 N–H and O–H groups in total. The molecule has 0 aromatic heterocycles. The molecule has 0 bridgehead atoms. The van der Waals surface area contributed by atoms with Gasteiger partial charge >= 0.3 is 11.9 Å². The van der Waals surface area contributed by atoms with Gasteiger partial charge in [-0.15, -0.1) is 0 Å². The molecule has 9 heteroatoms. The number of hydrogen-bond acceptors (Lipinski definition) is 7. The van der Waals surface area contributed by atoms with E-state index in [0.29, 0.717) is 13.1 Å². The average molecular weight is 803 g/mol. The molecule has 0 saturated heterocycles. The SMILES string of the molecule is CC=Cc1ccc2c(c1)C(=O)N(c1ccc(C(C)C(=O)OC(C)(C)C)cc1)C2.CCCc1ccc2c(c1)C(=O)N(c1ccc(C(C)C(=O)OC(C)(C)C)cc1)C2.CCO. The predicted molar refractivity (Wildman–Crippen MR) is 237 cm³/mol. The van der Waals surface area contributed by atoms with Crippen LogP contribution in [0.15, 0.2) is 91.0 Å². The van der Waals surface area contributed by atoms with Crippen LogP contribution in [0.4, 0.5) is 11.4 Å². The summed E-state index contributed by atoms with van der Waals surface area (Å²) in [6, 6.07) is 27.4. The van der Waals surface area contributed by atoms with Crippen LogP contribution in [0.25, 0.3) is 6.08 Å². The molecule has 0 radical (unpaired) electrons. The average Bonchev–Trinajstić information content (AvgIpc) is 3.69. The number of amides is 2. The zero-order valence-corrected chi connectivity index (χ0v) is 36.7. The van der Waals surface area contributed by atoms with Crippen molar-refractivity contribution in [2.24, 2.45) is 0 Å². The topological polar surface area (TPSA) is 113 Å². The summed E-state index contributed by atoms with van der Waals surface area (Å²) in [5.41, 5.74) is 8.30. The number of aliphatic hydroxyl groups is 1. The molecule has 6 rings (SSSR count). The van der Waals surface area contributed by atoms with Crippen LogP contribution >= 0.6 is 0 Å². The van der Waals surface area contributed by atoms with Crippen molar-refractivity contribution in [2.75, 3.05) is 16.4 Å². The maximum atomic E-state index is 12.9. The lowest BCUT2D eigenvalue weighted by Crippen LogP contribution is -2.27. The number of carbonyl (C=O) groups is 4. The number of fused-ring (bicyclic) bond motifs is 2. The molecular weight excluding hydrogens is 741 g/mol. The summed E-state index contributed by atoms with van der Waals surface area (Å²) in [4.78, 5) is 53.9. The number of anilines is 2. The molecule has 0 saturated carbocycles. The smallest absolute Gasteiger partial charge is 0.313 e. The number of rotatable bonds is 9. The minimum atomic E-state index is -0.509. The second-order valence-corrected chi connectivity index (χ2v) is 17.0. The predicted octanol–water partition coefficient (Wildman–Crippen LogP) is 10.6. The Hall–Kier alpha value is -5.54. The summed E-state index contributed by atoms with van der Waals surface area (Å²) in [7, 11) is 0. The lowest BCUT2D eigenvalue weighted by atomic mass is 10.0. The highest BCUT2D eigenvalue weighted by atomic mass is 16.6. The van der Waals surface area contributed by atoms with E-state index in [1.54, 1.807) is 16.7 Å². The van der Waals surface area contributed by atoms with Gasteiger partial charge in [0.05, 0.1) is 24.9 Å². The highest BCUT2D eigenvalue weighted by molar-refractivity contribution is 6.11. The van der Waals surface area contributed by atoms with E-state index in [0.717, 1.165) is 63.2 Å². The lowest BCUT2D eigenvalue weighted by molar-refractivity contribution is -0.157. The number of ether oxygens (including phenoxy) is 2. The summed E-state index contributed by atoms with van der Waals surface area (Å²) in [6.07, 6.45) is 6.00. The van der Waals surface area contributed by atoms with Crippen LogP contribution in [-0.4, -0.2) is 46.7 Å². The summed E-state index contributed by atoms with van der Waals surface area (Å²) in [6.45, 7) is 22.0. The first kappa shape index (κ1) is 46.2. The standard InChI is InChI=1S/C24H29NO3.C24H27NO3.C2H6O/c2*1-6-7-17-8-9-19-15-25(22(26)21(19)14-17)20-12-10-18(11-13-20)16(2)23(27)28-24(3,4)5;1-2-3/h8-14,16H,6-7,15H2,1-5H3;6-14,16H,15H2,1-5H3;3H,2H2,1H3. The Morgan fingerprint density at radius 2 is 1.08 bits per heavy atom. The first-order valence-electron chi connectivity index (χ1n) is 20.6. The Bertz CT molecular complexity index is 2120. The van der Waals surface area contributed by atoms with E-state index in [2.05, 4.69) is 19.1 Å². The quantitative estimate of drug-likeness (QED) is 0.168. The van der Waals surface area contributed by atoms with Gasteiger partial charge in [-0.05, 0) is 145 Å². The summed E-state index contributed by atoms with van der Waals surface area (Å²) >= 11 is 0. The zero-order valence-electron chi connectivity index (χ0n) is 36.7. The van der Waals surface area contributed by atoms with Gasteiger partial charge in [-0.25, -0.2) is 0 Å². The summed E-state index contributed by atoms with van der Waals surface area (Å²) < 4.78 is 10.9. The number of nitrogens with zero attached hydrogens (tertiary/aromatic N) is 2. The van der Waals surface area contributed by atoms with E-state index >= 15 is 0 Å². The van der Waals surface area contributed by atoms with Crippen molar-refractivity contribution >= 4 is 41.2 Å². The Kier molecular flexibility index (Phi) is 15.6. The van der Waals surface area contributed by atoms with Gasteiger partial charge in [0.25, 0.3) is 11.8 Å². The van der Waals surface area contributed by atoms with Crippen LogP contribution in [0.1, 0.15) is 149 Å². The number of esters is 2. The second kappa shape index (κ2) is 19.9. The monoisotopic (exact) mass is 802 g/mol. The third-order valence-corrected chi connectivity index (χ3v) is 9.74. The summed E-state index contributed by atoms with van der Waals surface area (Å²) in [5.74, 6) is -1.15. The Balaban J connectivity index is 0.000000244. The Morgan fingerprint density at radius 3 is 1.47 bits per heavy atom. The van der Waals surface area contributed by atoms with E-state index in [1.165, 1.54) is 5.56 Å². The molecule has 9 nitrogen and oxygen atoms in total. The van der Waals surface area contributed by atoms with Crippen molar-refractivity contribution in [3.8, 4) is 0 Å². The maximum Gasteiger partial charge on any atom is 0.313 e. The lowest BCUT2D eigenvalue weighted by Gasteiger charge is -2.23. The largest absolute Gasteiger partial charge is 0.460 e. The minimum Gasteiger partial charge on any atom is -0.460 e. The van der Waals surface area contributed by atoms with Gasteiger partial charge in [-0.3, -0.25) is 19.2 Å². The molecule has 2 amide bonds. The van der Waals surface area contributed by atoms with Crippen molar-refractivity contribution in [3.05, 3.63) is 136 Å². The van der Waals surface area contributed by atoms with Crippen LogP contribution in [0.3, 0.4) is 0 Å². The Morgan fingerprint density at radius 1 is 0.678 bits per heavy atom. The number of carbonyl (C=O) groups excluding carboxylic acids is 4. The third kappa shape index (κ3) is 12.2. The third-order valence-electron chi connectivity index (χ3n) is 9.74. The molecule has 2 aliphatic rings. The fourth-order valence-electron chi connectivity index (χ4n) is 6.76. The van der Waals surface area contributed by atoms with Crippen molar-refractivity contribution in [3.63, 3.8) is 0 Å². The highest BCUT2D eigenvalue weighted by Crippen LogP contribution is 2.33. The minimum absolute atomic E-state index is 0.00861. The molecule has 59 heavy (non-hydrogen) atoms. The zero-order chi connectivity index (χ0) is 43.7. The molecule has 0 spiro atoms. The first-order chi connectivity index (χ1) is 27.8. The molecular formula is C50H62N2O7. The van der Waals surface area contributed by atoms with Crippen LogP contribution in [0.2, 0.25) is 0 Å².